The average Bonchev–Trinajstić information content (AvgIpc) is 2.54. The average molecular weight is 343 g/mol. The van der Waals surface area contributed by atoms with Crippen molar-refractivity contribution in [2.24, 2.45) is 5.92 Å². The molecule has 0 unspecified atom stereocenters. The predicted molar refractivity (Wildman–Crippen MR) is 102 cm³/mol. The van der Waals surface area contributed by atoms with Crippen LogP contribution in [0.4, 0.5) is 5.69 Å². The maximum absolute atomic E-state index is 12.3. The molecule has 1 aliphatic carbocycles. The normalized spacial score (nSPS) is 20.1. The first-order valence-corrected chi connectivity index (χ1v) is 8.86. The van der Waals surface area contributed by atoms with Crippen molar-refractivity contribution in [2.75, 3.05) is 12.8 Å². The monoisotopic (exact) mass is 343 g/mol. The van der Waals surface area contributed by atoms with Crippen LogP contribution in [0.3, 0.4) is 0 Å². The maximum Gasteiger partial charge on any atom is 0.341 e. The molecule has 25 heavy (non-hydrogen) atoms. The van der Waals surface area contributed by atoms with Crippen molar-refractivity contribution in [1.29, 1.82) is 0 Å². The van der Waals surface area contributed by atoms with E-state index in [0.29, 0.717) is 17.7 Å². The number of nitrogen functional groups attached to an aromatic ring is 1. The molecule has 0 saturated heterocycles. The number of phenolic OH excluding ortho intramolecular Hbond substituents is 1. The largest absolute Gasteiger partial charge is 0.507 e. The van der Waals surface area contributed by atoms with Crippen LogP contribution in [0.2, 0.25) is 0 Å². The van der Waals surface area contributed by atoms with E-state index in [1.165, 1.54) is 12.7 Å². The molecule has 136 valence electrons. The molecule has 1 aromatic carbocycles. The van der Waals surface area contributed by atoms with Crippen LogP contribution < -0.4 is 5.73 Å². The van der Waals surface area contributed by atoms with Gasteiger partial charge in [0.25, 0.3) is 0 Å². The second kappa shape index (κ2) is 7.77. The molecule has 0 spiro atoms. The van der Waals surface area contributed by atoms with Gasteiger partial charge in [0.1, 0.15) is 11.3 Å². The van der Waals surface area contributed by atoms with Gasteiger partial charge in [0.2, 0.25) is 0 Å². The fourth-order valence-corrected chi connectivity index (χ4v) is 3.81. The lowest BCUT2D eigenvalue weighted by Crippen LogP contribution is -2.20. The van der Waals surface area contributed by atoms with Crippen LogP contribution in [0.1, 0.15) is 67.4 Å². The van der Waals surface area contributed by atoms with Crippen LogP contribution in [-0.2, 0) is 11.2 Å². The summed E-state index contributed by atoms with van der Waals surface area (Å²) in [4.78, 5) is 12.3. The number of methoxy groups -OCH3 is 1. The van der Waals surface area contributed by atoms with Gasteiger partial charge in [-0.15, -0.1) is 0 Å². The SMILES string of the molecule is C=C(C)[C@@H]1CCC(C)=C[C@H]1c1c(N)cc(CCC)c(C(=O)OC)c1O. The van der Waals surface area contributed by atoms with E-state index < -0.39 is 5.97 Å². The Kier molecular flexibility index (Phi) is 5.93. The minimum atomic E-state index is -0.523. The fraction of sp³-hybridized carbons (Fsp3) is 0.476. The second-order valence-corrected chi connectivity index (χ2v) is 7.03. The molecule has 1 aromatic rings. The Morgan fingerprint density at radius 1 is 1.48 bits per heavy atom. The molecule has 4 heteroatoms. The van der Waals surface area contributed by atoms with Gasteiger partial charge in [0, 0.05) is 17.2 Å². The molecule has 2 atom stereocenters. The summed E-state index contributed by atoms with van der Waals surface area (Å²) >= 11 is 0. The predicted octanol–water partition coefficient (Wildman–Crippen LogP) is 4.73. The number of hydrogen-bond acceptors (Lipinski definition) is 4. The highest BCUT2D eigenvalue weighted by Crippen LogP contribution is 2.46. The third kappa shape index (κ3) is 3.73. The summed E-state index contributed by atoms with van der Waals surface area (Å²) in [6.45, 7) is 10.2. The third-order valence-electron chi connectivity index (χ3n) is 5.08. The Hall–Kier alpha value is -2.23. The van der Waals surface area contributed by atoms with Gasteiger partial charge >= 0.3 is 5.97 Å². The van der Waals surface area contributed by atoms with E-state index in [9.17, 15) is 9.90 Å². The summed E-state index contributed by atoms with van der Waals surface area (Å²) in [7, 11) is 1.33. The molecule has 1 aliphatic rings. The molecular weight excluding hydrogens is 314 g/mol. The number of carbonyl (C=O) groups excluding carboxylic acids is 1. The summed E-state index contributed by atoms with van der Waals surface area (Å²) in [5.74, 6) is -0.451. The lowest BCUT2D eigenvalue weighted by atomic mass is 9.73. The number of phenols is 1. The first-order chi connectivity index (χ1) is 11.8. The minimum absolute atomic E-state index is 0.0440. The van der Waals surface area contributed by atoms with Crippen molar-refractivity contribution in [3.63, 3.8) is 0 Å². The van der Waals surface area contributed by atoms with E-state index in [4.69, 9.17) is 10.5 Å². The molecule has 0 heterocycles. The summed E-state index contributed by atoms with van der Waals surface area (Å²) in [6, 6.07) is 1.82. The molecule has 3 N–H and O–H groups in total. The number of allylic oxidation sites excluding steroid dienone is 3. The van der Waals surface area contributed by atoms with E-state index in [-0.39, 0.29) is 23.1 Å². The molecule has 0 aromatic heterocycles. The van der Waals surface area contributed by atoms with E-state index >= 15 is 0 Å². The number of rotatable bonds is 5. The lowest BCUT2D eigenvalue weighted by Gasteiger charge is -2.32. The molecular formula is C21H29NO3. The topological polar surface area (TPSA) is 72.6 Å². The molecule has 0 aliphatic heterocycles. The number of anilines is 1. The van der Waals surface area contributed by atoms with E-state index in [2.05, 4.69) is 19.6 Å². The number of carbonyl (C=O) groups is 1. The zero-order valence-electron chi connectivity index (χ0n) is 15.7. The van der Waals surface area contributed by atoms with E-state index in [1.54, 1.807) is 0 Å². The van der Waals surface area contributed by atoms with Crippen molar-refractivity contribution in [1.82, 2.24) is 0 Å². The van der Waals surface area contributed by atoms with Gasteiger partial charge in [-0.2, -0.15) is 0 Å². The number of aromatic hydroxyl groups is 1. The van der Waals surface area contributed by atoms with Crippen molar-refractivity contribution in [2.45, 2.75) is 52.4 Å². The Morgan fingerprint density at radius 3 is 2.72 bits per heavy atom. The summed E-state index contributed by atoms with van der Waals surface area (Å²) in [5, 5.41) is 11.0. The molecule has 0 saturated carbocycles. The lowest BCUT2D eigenvalue weighted by molar-refractivity contribution is 0.0596. The van der Waals surface area contributed by atoms with E-state index in [1.807, 2.05) is 19.9 Å². The van der Waals surface area contributed by atoms with Gasteiger partial charge in [0.05, 0.1) is 7.11 Å². The van der Waals surface area contributed by atoms with Gasteiger partial charge in [-0.3, -0.25) is 0 Å². The molecule has 0 radical (unpaired) electrons. The van der Waals surface area contributed by atoms with Gasteiger partial charge in [0.15, 0.2) is 0 Å². The summed E-state index contributed by atoms with van der Waals surface area (Å²) in [6.07, 6.45) is 5.62. The molecule has 0 bridgehead atoms. The summed E-state index contributed by atoms with van der Waals surface area (Å²) in [5.41, 5.74) is 10.8. The van der Waals surface area contributed by atoms with Gasteiger partial charge in [-0.1, -0.05) is 37.1 Å². The van der Waals surface area contributed by atoms with Gasteiger partial charge in [-0.05, 0) is 50.7 Å². The molecule has 4 nitrogen and oxygen atoms in total. The number of esters is 1. The first kappa shape index (κ1) is 19.1. The number of nitrogens with two attached hydrogens (primary N) is 1. The highest BCUT2D eigenvalue weighted by atomic mass is 16.5. The Labute approximate surface area is 150 Å². The maximum atomic E-state index is 12.3. The van der Waals surface area contributed by atoms with Gasteiger partial charge in [-0.25, -0.2) is 4.79 Å². The number of hydrogen-bond donors (Lipinski definition) is 2. The zero-order chi connectivity index (χ0) is 18.7. The second-order valence-electron chi connectivity index (χ2n) is 7.03. The van der Waals surface area contributed by atoms with Crippen molar-refractivity contribution >= 4 is 11.7 Å². The Balaban J connectivity index is 2.70. The number of benzene rings is 1. The highest BCUT2D eigenvalue weighted by Gasteiger charge is 2.32. The van der Waals surface area contributed by atoms with E-state index in [0.717, 1.165) is 30.4 Å². The van der Waals surface area contributed by atoms with Crippen molar-refractivity contribution < 1.29 is 14.6 Å². The quantitative estimate of drug-likeness (QED) is 0.460. The van der Waals surface area contributed by atoms with Crippen molar-refractivity contribution in [3.05, 3.63) is 46.6 Å². The Bertz CT molecular complexity index is 718. The first-order valence-electron chi connectivity index (χ1n) is 8.86. The van der Waals surface area contributed by atoms with Crippen LogP contribution in [0.25, 0.3) is 0 Å². The molecule has 2 rings (SSSR count). The number of ether oxygens (including phenoxy) is 1. The standard InChI is InChI=1S/C21H29NO3/c1-6-7-14-11-17(22)19(20(23)18(14)21(24)25-5)16-10-13(4)8-9-15(16)12(2)3/h10-11,15-16,23H,2,6-9,22H2,1,3-5H3/t15-,16+/m0/s1. The van der Waals surface area contributed by atoms with Crippen LogP contribution in [-0.4, -0.2) is 18.2 Å². The number of aryl methyl sites for hydroxylation is 1. The summed E-state index contributed by atoms with van der Waals surface area (Å²) < 4.78 is 4.91. The minimum Gasteiger partial charge on any atom is -0.507 e. The van der Waals surface area contributed by atoms with Crippen LogP contribution >= 0.6 is 0 Å². The van der Waals surface area contributed by atoms with Crippen LogP contribution in [0.15, 0.2) is 29.9 Å². The third-order valence-corrected chi connectivity index (χ3v) is 5.08. The highest BCUT2D eigenvalue weighted by molar-refractivity contribution is 5.96. The Morgan fingerprint density at radius 2 is 2.16 bits per heavy atom. The molecule has 0 fully saturated rings. The zero-order valence-corrected chi connectivity index (χ0v) is 15.7. The van der Waals surface area contributed by atoms with Crippen LogP contribution in [0, 0.1) is 5.92 Å². The smallest absolute Gasteiger partial charge is 0.341 e. The van der Waals surface area contributed by atoms with Gasteiger partial charge < -0.3 is 15.6 Å². The van der Waals surface area contributed by atoms with Crippen LogP contribution in [0.5, 0.6) is 5.75 Å². The molecule has 0 amide bonds. The fourth-order valence-electron chi connectivity index (χ4n) is 3.81. The van der Waals surface area contributed by atoms with Crippen molar-refractivity contribution in [3.8, 4) is 5.75 Å².